The van der Waals surface area contributed by atoms with Crippen LogP contribution in [0.1, 0.15) is 53.1 Å². The van der Waals surface area contributed by atoms with Gasteiger partial charge in [0.15, 0.2) is 0 Å². The predicted molar refractivity (Wildman–Crippen MR) is 106 cm³/mol. The molecule has 2 aromatic rings. The zero-order valence-electron chi connectivity index (χ0n) is 16.3. The smallest absolute Gasteiger partial charge is 0.417 e. The van der Waals surface area contributed by atoms with Gasteiger partial charge in [-0.2, -0.15) is 13.2 Å². The number of alkyl halides is 3. The second-order valence-electron chi connectivity index (χ2n) is 7.59. The third-order valence-electron chi connectivity index (χ3n) is 5.49. The number of piperidine rings is 1. The Kier molecular flexibility index (Phi) is 6.24. The third kappa shape index (κ3) is 4.59. The molecule has 3 nitrogen and oxygen atoms in total. The van der Waals surface area contributed by atoms with Gasteiger partial charge in [-0.25, -0.2) is 0 Å². The molecule has 1 heterocycles. The molecule has 0 aromatic heterocycles. The first-order chi connectivity index (χ1) is 13.6. The zero-order valence-corrected chi connectivity index (χ0v) is 17.0. The molecule has 0 spiro atoms. The number of hydrogen-bond acceptors (Lipinski definition) is 2. The third-order valence-corrected chi connectivity index (χ3v) is 5.82. The number of aryl methyl sites for hydroxylation is 2. The summed E-state index contributed by atoms with van der Waals surface area (Å²) in [6.07, 6.45) is -2.54. The molecule has 0 saturated carbocycles. The molecular weight excluding hydrogens is 403 g/mol. The Labute approximate surface area is 173 Å². The van der Waals surface area contributed by atoms with Crippen LogP contribution in [0.5, 0.6) is 0 Å². The van der Waals surface area contributed by atoms with Crippen LogP contribution in [0.2, 0.25) is 5.02 Å². The molecule has 29 heavy (non-hydrogen) atoms. The van der Waals surface area contributed by atoms with E-state index in [0.29, 0.717) is 18.5 Å². The fraction of sp³-hybridized carbons (Fsp3) is 0.409. The van der Waals surface area contributed by atoms with Crippen LogP contribution < -0.4 is 0 Å². The number of aliphatic carboxylic acids is 1. The predicted octanol–water partition coefficient (Wildman–Crippen LogP) is 6.00. The number of hydrogen-bond donors (Lipinski definition) is 1. The molecule has 156 valence electrons. The minimum Gasteiger partial charge on any atom is -0.480 e. The van der Waals surface area contributed by atoms with E-state index in [9.17, 15) is 23.1 Å². The van der Waals surface area contributed by atoms with Gasteiger partial charge in [0.2, 0.25) is 0 Å². The lowest BCUT2D eigenvalue weighted by molar-refractivity contribution is -0.145. The van der Waals surface area contributed by atoms with Gasteiger partial charge < -0.3 is 5.11 Å². The van der Waals surface area contributed by atoms with Gasteiger partial charge in [0.1, 0.15) is 6.04 Å². The van der Waals surface area contributed by atoms with Gasteiger partial charge in [0, 0.05) is 0 Å². The maximum Gasteiger partial charge on any atom is 0.417 e. The van der Waals surface area contributed by atoms with Gasteiger partial charge in [-0.05, 0) is 62.1 Å². The molecule has 2 aromatic carbocycles. The molecule has 1 N–H and O–H groups in total. The summed E-state index contributed by atoms with van der Waals surface area (Å²) < 4.78 is 40.4. The second kappa shape index (κ2) is 8.36. The van der Waals surface area contributed by atoms with Gasteiger partial charge in [-0.1, -0.05) is 47.9 Å². The number of nitrogens with zero attached hydrogens (tertiary/aromatic N) is 1. The fourth-order valence-electron chi connectivity index (χ4n) is 4.14. The molecular formula is C22H23ClF3NO2. The summed E-state index contributed by atoms with van der Waals surface area (Å²) in [6.45, 7) is 4.34. The fourth-order valence-corrected chi connectivity index (χ4v) is 4.37. The van der Waals surface area contributed by atoms with Crippen LogP contribution in [0, 0.1) is 13.8 Å². The van der Waals surface area contributed by atoms with E-state index in [1.165, 1.54) is 6.07 Å². The van der Waals surface area contributed by atoms with Crippen molar-refractivity contribution in [2.24, 2.45) is 0 Å². The molecule has 0 aliphatic carbocycles. The van der Waals surface area contributed by atoms with Crippen LogP contribution in [0.4, 0.5) is 13.2 Å². The highest BCUT2D eigenvalue weighted by Gasteiger charge is 2.38. The second-order valence-corrected chi connectivity index (χ2v) is 7.99. The van der Waals surface area contributed by atoms with Gasteiger partial charge in [-0.3, -0.25) is 9.69 Å². The summed E-state index contributed by atoms with van der Waals surface area (Å²) in [5, 5.41) is 9.38. The average Bonchev–Trinajstić information content (AvgIpc) is 2.64. The molecule has 3 rings (SSSR count). The lowest BCUT2D eigenvalue weighted by Gasteiger charge is -2.40. The molecule has 0 amide bonds. The Hall–Kier alpha value is -2.05. The molecule has 2 unspecified atom stereocenters. The Balaban J connectivity index is 2.19. The molecule has 1 aliphatic heterocycles. The summed E-state index contributed by atoms with van der Waals surface area (Å²) in [4.78, 5) is 13.7. The summed E-state index contributed by atoms with van der Waals surface area (Å²) >= 11 is 5.82. The average molecular weight is 426 g/mol. The van der Waals surface area contributed by atoms with E-state index < -0.39 is 29.8 Å². The van der Waals surface area contributed by atoms with E-state index in [1.807, 2.05) is 36.9 Å². The summed E-state index contributed by atoms with van der Waals surface area (Å²) in [5.74, 6) is -0.954. The summed E-state index contributed by atoms with van der Waals surface area (Å²) in [6, 6.07) is 8.25. The number of halogens is 4. The normalized spacial score (nSPS) is 19.2. The van der Waals surface area contributed by atoms with Gasteiger partial charge in [0.25, 0.3) is 0 Å². The first kappa shape index (κ1) is 21.7. The van der Waals surface area contributed by atoms with Crippen LogP contribution in [0.3, 0.4) is 0 Å². The molecule has 0 radical (unpaired) electrons. The SMILES string of the molecule is Cc1ccc(C(c2ccc(Cl)c(C(F)(F)F)c2)N2CCCCC2C(=O)O)c(C)c1. The zero-order chi connectivity index (χ0) is 21.3. The molecule has 1 saturated heterocycles. The van der Waals surface area contributed by atoms with E-state index in [4.69, 9.17) is 11.6 Å². The van der Waals surface area contributed by atoms with Crippen molar-refractivity contribution < 1.29 is 23.1 Å². The van der Waals surface area contributed by atoms with Crippen molar-refractivity contribution in [1.82, 2.24) is 4.90 Å². The first-order valence-corrected chi connectivity index (χ1v) is 9.89. The quantitative estimate of drug-likeness (QED) is 0.652. The Bertz CT molecular complexity index is 913. The van der Waals surface area contributed by atoms with Crippen molar-refractivity contribution in [2.75, 3.05) is 6.54 Å². The number of carboxylic acids is 1. The highest BCUT2D eigenvalue weighted by molar-refractivity contribution is 6.31. The van der Waals surface area contributed by atoms with Crippen molar-refractivity contribution in [2.45, 2.75) is 51.4 Å². The van der Waals surface area contributed by atoms with Crippen LogP contribution in [0.25, 0.3) is 0 Å². The van der Waals surface area contributed by atoms with Crippen molar-refractivity contribution in [1.29, 1.82) is 0 Å². The van der Waals surface area contributed by atoms with Gasteiger partial charge >= 0.3 is 12.1 Å². The van der Waals surface area contributed by atoms with Crippen molar-refractivity contribution in [3.05, 3.63) is 69.2 Å². The Morgan fingerprint density at radius 3 is 2.52 bits per heavy atom. The van der Waals surface area contributed by atoms with E-state index in [1.54, 1.807) is 6.07 Å². The first-order valence-electron chi connectivity index (χ1n) is 9.52. The molecule has 2 atom stereocenters. The van der Waals surface area contributed by atoms with Crippen LogP contribution >= 0.6 is 11.6 Å². The van der Waals surface area contributed by atoms with E-state index in [-0.39, 0.29) is 5.02 Å². The molecule has 1 aliphatic rings. The number of benzene rings is 2. The van der Waals surface area contributed by atoms with Crippen molar-refractivity contribution in [3.63, 3.8) is 0 Å². The lowest BCUT2D eigenvalue weighted by Crippen LogP contribution is -2.47. The molecule has 7 heteroatoms. The van der Waals surface area contributed by atoms with E-state index in [2.05, 4.69) is 0 Å². The van der Waals surface area contributed by atoms with E-state index in [0.717, 1.165) is 35.6 Å². The summed E-state index contributed by atoms with van der Waals surface area (Å²) in [5.41, 5.74) is 2.23. The van der Waals surface area contributed by atoms with Gasteiger partial charge in [-0.15, -0.1) is 0 Å². The minimum absolute atomic E-state index is 0.367. The van der Waals surface area contributed by atoms with Crippen molar-refractivity contribution >= 4 is 17.6 Å². The number of carboxylic acid groups (broad SMARTS) is 1. The van der Waals surface area contributed by atoms with Crippen molar-refractivity contribution in [3.8, 4) is 0 Å². The highest BCUT2D eigenvalue weighted by Crippen LogP contribution is 2.40. The Morgan fingerprint density at radius 2 is 1.90 bits per heavy atom. The lowest BCUT2D eigenvalue weighted by atomic mass is 9.88. The van der Waals surface area contributed by atoms with Crippen LogP contribution in [0.15, 0.2) is 36.4 Å². The summed E-state index contributed by atoms with van der Waals surface area (Å²) in [7, 11) is 0. The number of likely N-dealkylation sites (tertiary alicyclic amines) is 1. The van der Waals surface area contributed by atoms with E-state index >= 15 is 0 Å². The van der Waals surface area contributed by atoms with Gasteiger partial charge in [0.05, 0.1) is 16.6 Å². The standard InChI is InChI=1S/C22H23ClF3NO2/c1-13-6-8-16(14(2)11-13)20(27-10-4-3-5-19(27)21(28)29)15-7-9-18(23)17(12-15)22(24,25)26/h6-9,11-12,19-20H,3-5,10H2,1-2H3,(H,28,29). The molecule has 0 bridgehead atoms. The largest absolute Gasteiger partial charge is 0.480 e. The maximum atomic E-state index is 13.5. The van der Waals surface area contributed by atoms with Crippen LogP contribution in [-0.2, 0) is 11.0 Å². The number of rotatable bonds is 4. The van der Waals surface area contributed by atoms with Crippen LogP contribution in [-0.4, -0.2) is 28.6 Å². The monoisotopic (exact) mass is 425 g/mol. The Morgan fingerprint density at radius 1 is 1.17 bits per heavy atom. The number of carbonyl (C=O) groups is 1. The highest BCUT2D eigenvalue weighted by atomic mass is 35.5. The minimum atomic E-state index is -4.59. The topological polar surface area (TPSA) is 40.5 Å². The molecule has 1 fully saturated rings. The maximum absolute atomic E-state index is 13.5.